The Balaban J connectivity index is 2.50. The molecule has 124 valence electrons. The number of benzene rings is 1. The second-order valence-corrected chi connectivity index (χ2v) is 6.23. The van der Waals surface area contributed by atoms with Gasteiger partial charge in [0.05, 0.1) is 18.4 Å². The summed E-state index contributed by atoms with van der Waals surface area (Å²) < 4.78 is 5.70. The fraction of sp³-hybridized carbons (Fsp3) is 0.588. The van der Waals surface area contributed by atoms with E-state index in [9.17, 15) is 9.90 Å². The molecule has 1 rings (SSSR count). The van der Waals surface area contributed by atoms with Crippen molar-refractivity contribution >= 4 is 11.7 Å². The van der Waals surface area contributed by atoms with Crippen LogP contribution in [0.3, 0.4) is 0 Å². The van der Waals surface area contributed by atoms with E-state index in [1.54, 1.807) is 6.92 Å². The van der Waals surface area contributed by atoms with Crippen molar-refractivity contribution in [2.45, 2.75) is 40.2 Å². The van der Waals surface area contributed by atoms with Gasteiger partial charge in [0.25, 0.3) is 0 Å². The molecule has 0 radical (unpaired) electrons. The average Bonchev–Trinajstić information content (AvgIpc) is 2.43. The molecule has 0 aliphatic carbocycles. The molecule has 0 saturated heterocycles. The monoisotopic (exact) mass is 308 g/mol. The lowest BCUT2D eigenvalue weighted by molar-refractivity contribution is 0.163. The molecule has 2 atom stereocenters. The lowest BCUT2D eigenvalue weighted by atomic mass is 10.1. The average molecular weight is 308 g/mol. The number of carbonyl (C=O) groups is 1. The standard InChI is InChI=1S/C17H28N2O3/c1-12(2)11-22-16-8-6-5-7-15(16)19-17(21)18-10-13(3)9-14(4)20/h5-8,12-14,20H,9-11H2,1-4H3,(H2,18,19,21). The van der Waals surface area contributed by atoms with E-state index in [4.69, 9.17) is 4.74 Å². The Morgan fingerprint density at radius 3 is 2.55 bits per heavy atom. The van der Waals surface area contributed by atoms with Crippen molar-refractivity contribution < 1.29 is 14.6 Å². The molecule has 2 amide bonds. The number of nitrogens with one attached hydrogen (secondary N) is 2. The lowest BCUT2D eigenvalue weighted by Crippen LogP contribution is -2.33. The number of hydrogen-bond donors (Lipinski definition) is 3. The summed E-state index contributed by atoms with van der Waals surface area (Å²) in [7, 11) is 0. The van der Waals surface area contributed by atoms with Crippen LogP contribution in [0.1, 0.15) is 34.1 Å². The van der Waals surface area contributed by atoms with Crippen molar-refractivity contribution in [3.8, 4) is 5.75 Å². The van der Waals surface area contributed by atoms with Crippen molar-refractivity contribution in [3.05, 3.63) is 24.3 Å². The third-order valence-electron chi connectivity index (χ3n) is 3.06. The van der Waals surface area contributed by atoms with Gasteiger partial charge in [-0.25, -0.2) is 4.79 Å². The van der Waals surface area contributed by atoms with Crippen LogP contribution >= 0.6 is 0 Å². The van der Waals surface area contributed by atoms with Crippen LogP contribution in [0.25, 0.3) is 0 Å². The van der Waals surface area contributed by atoms with Crippen LogP contribution < -0.4 is 15.4 Å². The summed E-state index contributed by atoms with van der Waals surface area (Å²) >= 11 is 0. The molecule has 1 aromatic rings. The number of ether oxygens (including phenoxy) is 1. The molecule has 0 bridgehead atoms. The van der Waals surface area contributed by atoms with Crippen LogP contribution in [0.5, 0.6) is 5.75 Å². The second-order valence-electron chi connectivity index (χ2n) is 6.23. The molecule has 0 spiro atoms. The second kappa shape index (κ2) is 9.30. The van der Waals surface area contributed by atoms with Gasteiger partial charge in [-0.05, 0) is 37.3 Å². The Hall–Kier alpha value is -1.75. The zero-order valence-electron chi connectivity index (χ0n) is 13.9. The maximum Gasteiger partial charge on any atom is 0.319 e. The number of carbonyl (C=O) groups excluding carboxylic acids is 1. The number of rotatable bonds is 8. The molecule has 0 aromatic heterocycles. The van der Waals surface area contributed by atoms with E-state index in [-0.39, 0.29) is 18.1 Å². The molecule has 3 N–H and O–H groups in total. The number of aliphatic hydroxyl groups is 1. The molecular weight excluding hydrogens is 280 g/mol. The van der Waals surface area contributed by atoms with E-state index in [0.717, 1.165) is 0 Å². The molecular formula is C17H28N2O3. The zero-order chi connectivity index (χ0) is 16.5. The van der Waals surface area contributed by atoms with E-state index in [2.05, 4.69) is 24.5 Å². The topological polar surface area (TPSA) is 70.6 Å². The Kier molecular flexibility index (Phi) is 7.74. The molecule has 0 aliphatic rings. The van der Waals surface area contributed by atoms with Crippen molar-refractivity contribution in [3.63, 3.8) is 0 Å². The van der Waals surface area contributed by atoms with E-state index >= 15 is 0 Å². The zero-order valence-corrected chi connectivity index (χ0v) is 13.9. The van der Waals surface area contributed by atoms with Crippen LogP contribution in [0.4, 0.5) is 10.5 Å². The van der Waals surface area contributed by atoms with Crippen LogP contribution in [0.15, 0.2) is 24.3 Å². The summed E-state index contributed by atoms with van der Waals surface area (Å²) in [4.78, 5) is 12.0. The molecule has 22 heavy (non-hydrogen) atoms. The van der Waals surface area contributed by atoms with Gasteiger partial charge in [-0.3, -0.25) is 0 Å². The van der Waals surface area contributed by atoms with Crippen molar-refractivity contribution in [1.29, 1.82) is 0 Å². The van der Waals surface area contributed by atoms with Crippen molar-refractivity contribution in [1.82, 2.24) is 5.32 Å². The highest BCUT2D eigenvalue weighted by atomic mass is 16.5. The summed E-state index contributed by atoms with van der Waals surface area (Å²) in [6.45, 7) is 9.02. The van der Waals surface area contributed by atoms with Gasteiger partial charge in [0, 0.05) is 6.54 Å². The smallest absolute Gasteiger partial charge is 0.319 e. The summed E-state index contributed by atoms with van der Waals surface area (Å²) in [6.07, 6.45) is 0.305. The molecule has 0 fully saturated rings. The van der Waals surface area contributed by atoms with Crippen molar-refractivity contribution in [2.75, 3.05) is 18.5 Å². The van der Waals surface area contributed by atoms with Crippen molar-refractivity contribution in [2.24, 2.45) is 11.8 Å². The minimum atomic E-state index is -0.356. The van der Waals surface area contributed by atoms with E-state index < -0.39 is 0 Å². The van der Waals surface area contributed by atoms with E-state index in [1.165, 1.54) is 0 Å². The Bertz CT molecular complexity index is 461. The van der Waals surface area contributed by atoms with Gasteiger partial charge in [-0.1, -0.05) is 32.9 Å². The van der Waals surface area contributed by atoms with Gasteiger partial charge in [0.15, 0.2) is 0 Å². The van der Waals surface area contributed by atoms with Crippen LogP contribution in [0.2, 0.25) is 0 Å². The predicted octanol–water partition coefficient (Wildman–Crippen LogP) is 3.25. The number of hydrogen-bond acceptors (Lipinski definition) is 3. The number of para-hydroxylation sites is 2. The van der Waals surface area contributed by atoms with E-state index in [1.807, 2.05) is 31.2 Å². The fourth-order valence-electron chi connectivity index (χ4n) is 2.05. The van der Waals surface area contributed by atoms with Crippen LogP contribution in [0, 0.1) is 11.8 Å². The largest absolute Gasteiger partial charge is 0.491 e. The van der Waals surface area contributed by atoms with Gasteiger partial charge >= 0.3 is 6.03 Å². The summed E-state index contributed by atoms with van der Waals surface area (Å²) in [6, 6.07) is 7.12. The number of urea groups is 1. The third-order valence-corrected chi connectivity index (χ3v) is 3.06. The molecule has 5 nitrogen and oxygen atoms in total. The highest BCUT2D eigenvalue weighted by Crippen LogP contribution is 2.24. The molecule has 0 saturated carbocycles. The van der Waals surface area contributed by atoms with Gasteiger partial charge in [0.1, 0.15) is 5.75 Å². The van der Waals surface area contributed by atoms with Gasteiger partial charge < -0.3 is 20.5 Å². The summed E-state index contributed by atoms with van der Waals surface area (Å²) in [5, 5.41) is 14.9. The molecule has 5 heteroatoms. The predicted molar refractivity (Wildman–Crippen MR) is 89.3 cm³/mol. The third kappa shape index (κ3) is 7.31. The Labute approximate surface area is 133 Å². The number of amides is 2. The highest BCUT2D eigenvalue weighted by Gasteiger charge is 2.10. The van der Waals surface area contributed by atoms with Gasteiger partial charge in [0.2, 0.25) is 0 Å². The fourth-order valence-corrected chi connectivity index (χ4v) is 2.05. The first-order chi connectivity index (χ1) is 10.4. The number of anilines is 1. The SMILES string of the molecule is CC(C)COc1ccccc1NC(=O)NCC(C)CC(C)O. The maximum atomic E-state index is 12.0. The number of aliphatic hydroxyl groups excluding tert-OH is 1. The summed E-state index contributed by atoms with van der Waals surface area (Å²) in [5.41, 5.74) is 0.656. The normalized spacial score (nSPS) is 13.5. The summed E-state index contributed by atoms with van der Waals surface area (Å²) in [5.74, 6) is 1.31. The molecule has 2 unspecified atom stereocenters. The first-order valence-corrected chi connectivity index (χ1v) is 7.83. The molecule has 1 aromatic carbocycles. The van der Waals surface area contributed by atoms with Crippen LogP contribution in [-0.2, 0) is 0 Å². The lowest BCUT2D eigenvalue weighted by Gasteiger charge is -2.16. The molecule has 0 aliphatic heterocycles. The van der Waals surface area contributed by atoms with Gasteiger partial charge in [-0.15, -0.1) is 0 Å². The Morgan fingerprint density at radius 1 is 1.23 bits per heavy atom. The van der Waals surface area contributed by atoms with Gasteiger partial charge in [-0.2, -0.15) is 0 Å². The molecule has 0 heterocycles. The minimum Gasteiger partial charge on any atom is -0.491 e. The quantitative estimate of drug-likeness (QED) is 0.690. The minimum absolute atomic E-state index is 0.221. The maximum absolute atomic E-state index is 12.0. The first-order valence-electron chi connectivity index (χ1n) is 7.83. The van der Waals surface area contributed by atoms with Crippen LogP contribution in [-0.4, -0.2) is 30.4 Å². The van der Waals surface area contributed by atoms with E-state index in [0.29, 0.717) is 36.9 Å². The Morgan fingerprint density at radius 2 is 1.91 bits per heavy atom. The highest BCUT2D eigenvalue weighted by molar-refractivity contribution is 5.90. The first kappa shape index (κ1) is 18.3.